The predicted octanol–water partition coefficient (Wildman–Crippen LogP) is 3.14. The fourth-order valence-corrected chi connectivity index (χ4v) is 2.90. The molecule has 3 rings (SSSR count). The fraction of sp³-hybridized carbons (Fsp3) is 0.316. The summed E-state index contributed by atoms with van der Waals surface area (Å²) in [5.41, 5.74) is 2.72. The summed E-state index contributed by atoms with van der Waals surface area (Å²) in [6.45, 7) is 4.64. The van der Waals surface area contributed by atoms with Crippen LogP contribution in [-0.2, 0) is 6.54 Å². The number of carboxylic acid groups (broad SMARTS) is 1. The van der Waals surface area contributed by atoms with Crippen LogP contribution in [0, 0.1) is 6.92 Å². The van der Waals surface area contributed by atoms with Crippen molar-refractivity contribution in [3.63, 3.8) is 0 Å². The number of benzene rings is 1. The molecule has 0 bridgehead atoms. The highest BCUT2D eigenvalue weighted by atomic mass is 16.4. The van der Waals surface area contributed by atoms with Gasteiger partial charge in [-0.2, -0.15) is 5.10 Å². The largest absolute Gasteiger partial charge is 0.478 e. The zero-order valence-electron chi connectivity index (χ0n) is 15.0. The van der Waals surface area contributed by atoms with Crippen LogP contribution < -0.4 is 5.01 Å². The summed E-state index contributed by atoms with van der Waals surface area (Å²) in [6, 6.07) is 8.75. The average molecular weight is 355 g/mol. The van der Waals surface area contributed by atoms with Gasteiger partial charge in [0.05, 0.1) is 12.2 Å². The van der Waals surface area contributed by atoms with Gasteiger partial charge in [-0.1, -0.05) is 0 Å². The van der Waals surface area contributed by atoms with Gasteiger partial charge in [-0.15, -0.1) is 0 Å². The number of amides is 1. The van der Waals surface area contributed by atoms with Crippen LogP contribution in [0.5, 0.6) is 0 Å². The van der Waals surface area contributed by atoms with E-state index in [1.165, 1.54) is 11.0 Å². The first-order valence-corrected chi connectivity index (χ1v) is 8.35. The number of nitrogens with zero attached hydrogens (tertiary/aromatic N) is 3. The summed E-state index contributed by atoms with van der Waals surface area (Å²) in [5.74, 6) is -0.432. The highest BCUT2D eigenvalue weighted by Crippen LogP contribution is 2.21. The molecule has 1 amide bonds. The van der Waals surface area contributed by atoms with Crippen molar-refractivity contribution in [1.29, 1.82) is 0 Å². The lowest BCUT2D eigenvalue weighted by Gasteiger charge is -2.17. The fourth-order valence-electron chi connectivity index (χ4n) is 2.90. The average Bonchev–Trinajstić information content (AvgIpc) is 3.20. The Morgan fingerprint density at radius 3 is 2.50 bits per heavy atom. The molecule has 0 atom stereocenters. The standard InChI is InChI=1S/C19H21N3O4/c1-12-8-9-22(20-12)15-6-4-14(5-7-15)18(23)21(3)11-16-10-17(19(24)25)13(2)26-16/h4-7,10H,8-9,11H2,1-3H3,(H,24,25). The number of hydrazone groups is 1. The number of aromatic carboxylic acids is 1. The number of anilines is 1. The van der Waals surface area contributed by atoms with Crippen molar-refractivity contribution >= 4 is 23.3 Å². The molecule has 1 aromatic heterocycles. The number of carboxylic acids is 1. The zero-order valence-corrected chi connectivity index (χ0v) is 15.0. The maximum absolute atomic E-state index is 12.6. The highest BCUT2D eigenvalue weighted by molar-refractivity contribution is 5.94. The molecule has 2 aromatic rings. The van der Waals surface area contributed by atoms with Gasteiger partial charge in [0, 0.05) is 31.3 Å². The van der Waals surface area contributed by atoms with E-state index in [-0.39, 0.29) is 18.0 Å². The van der Waals surface area contributed by atoms with Gasteiger partial charge in [0.2, 0.25) is 0 Å². The molecule has 0 spiro atoms. The minimum atomic E-state index is -1.04. The van der Waals surface area contributed by atoms with Gasteiger partial charge in [0.15, 0.2) is 0 Å². The SMILES string of the molecule is CC1=NN(c2ccc(C(=O)N(C)Cc3cc(C(=O)O)c(C)o3)cc2)CC1. The van der Waals surface area contributed by atoms with Crippen LogP contribution in [0.1, 0.15) is 45.6 Å². The summed E-state index contributed by atoms with van der Waals surface area (Å²) < 4.78 is 5.43. The zero-order chi connectivity index (χ0) is 18.8. The van der Waals surface area contributed by atoms with Crippen LogP contribution in [0.15, 0.2) is 39.9 Å². The first kappa shape index (κ1) is 17.7. The molecule has 1 aliphatic heterocycles. The van der Waals surface area contributed by atoms with Gasteiger partial charge in [0.1, 0.15) is 17.1 Å². The van der Waals surface area contributed by atoms with E-state index in [0.29, 0.717) is 17.1 Å². The third-order valence-electron chi connectivity index (χ3n) is 4.33. The van der Waals surface area contributed by atoms with Crippen LogP contribution in [0.4, 0.5) is 5.69 Å². The summed E-state index contributed by atoms with van der Waals surface area (Å²) in [6.07, 6.45) is 0.949. The van der Waals surface area contributed by atoms with E-state index in [4.69, 9.17) is 9.52 Å². The lowest BCUT2D eigenvalue weighted by atomic mass is 10.1. The first-order chi connectivity index (χ1) is 12.3. The molecule has 0 aliphatic carbocycles. The molecule has 1 aromatic carbocycles. The van der Waals surface area contributed by atoms with Crippen LogP contribution in [0.25, 0.3) is 0 Å². The second-order valence-corrected chi connectivity index (χ2v) is 6.40. The second-order valence-electron chi connectivity index (χ2n) is 6.40. The van der Waals surface area contributed by atoms with Crippen LogP contribution in [0.3, 0.4) is 0 Å². The second kappa shape index (κ2) is 7.03. The van der Waals surface area contributed by atoms with Crippen molar-refractivity contribution in [2.24, 2.45) is 5.10 Å². The molecule has 0 fully saturated rings. The van der Waals surface area contributed by atoms with E-state index in [0.717, 1.165) is 24.4 Å². The Kier molecular flexibility index (Phi) is 4.79. The number of rotatable bonds is 5. The lowest BCUT2D eigenvalue weighted by molar-refractivity contribution is 0.0694. The van der Waals surface area contributed by atoms with Crippen molar-refractivity contribution in [2.45, 2.75) is 26.8 Å². The number of furan rings is 1. The number of hydrogen-bond donors (Lipinski definition) is 1. The van der Waals surface area contributed by atoms with Crippen molar-refractivity contribution < 1.29 is 19.1 Å². The summed E-state index contributed by atoms with van der Waals surface area (Å²) >= 11 is 0. The van der Waals surface area contributed by atoms with Gasteiger partial charge >= 0.3 is 5.97 Å². The highest BCUT2D eigenvalue weighted by Gasteiger charge is 2.18. The van der Waals surface area contributed by atoms with Crippen LogP contribution >= 0.6 is 0 Å². The maximum Gasteiger partial charge on any atom is 0.339 e. The number of carbonyl (C=O) groups excluding carboxylic acids is 1. The van der Waals surface area contributed by atoms with E-state index < -0.39 is 5.97 Å². The Morgan fingerprint density at radius 1 is 1.27 bits per heavy atom. The van der Waals surface area contributed by atoms with Crippen molar-refractivity contribution in [2.75, 3.05) is 18.6 Å². The molecule has 2 heterocycles. The smallest absolute Gasteiger partial charge is 0.339 e. The Labute approximate surface area is 151 Å². The third-order valence-corrected chi connectivity index (χ3v) is 4.33. The third kappa shape index (κ3) is 3.61. The summed E-state index contributed by atoms with van der Waals surface area (Å²) in [7, 11) is 1.66. The summed E-state index contributed by atoms with van der Waals surface area (Å²) in [4.78, 5) is 25.2. The molecule has 0 saturated carbocycles. The number of carbonyl (C=O) groups is 2. The monoisotopic (exact) mass is 355 g/mol. The molecule has 0 radical (unpaired) electrons. The number of aryl methyl sites for hydroxylation is 1. The van der Waals surface area contributed by atoms with E-state index in [2.05, 4.69) is 5.10 Å². The lowest BCUT2D eigenvalue weighted by Crippen LogP contribution is -2.26. The topological polar surface area (TPSA) is 86.4 Å². The Morgan fingerprint density at radius 2 is 1.96 bits per heavy atom. The molecular formula is C19H21N3O4. The maximum atomic E-state index is 12.6. The normalized spacial score (nSPS) is 13.7. The summed E-state index contributed by atoms with van der Waals surface area (Å²) in [5, 5.41) is 15.4. The van der Waals surface area contributed by atoms with E-state index >= 15 is 0 Å². The van der Waals surface area contributed by atoms with Crippen molar-refractivity contribution in [3.8, 4) is 0 Å². The van der Waals surface area contributed by atoms with Gasteiger partial charge < -0.3 is 14.4 Å². The first-order valence-electron chi connectivity index (χ1n) is 8.35. The van der Waals surface area contributed by atoms with Crippen LogP contribution in [0.2, 0.25) is 0 Å². The molecule has 136 valence electrons. The quantitative estimate of drug-likeness (QED) is 0.890. The van der Waals surface area contributed by atoms with Crippen molar-refractivity contribution in [3.05, 3.63) is 53.0 Å². The Balaban J connectivity index is 1.68. The predicted molar refractivity (Wildman–Crippen MR) is 97.7 cm³/mol. The Hall–Kier alpha value is -3.09. The van der Waals surface area contributed by atoms with Gasteiger partial charge in [-0.05, 0) is 44.2 Å². The molecule has 26 heavy (non-hydrogen) atoms. The van der Waals surface area contributed by atoms with E-state index in [9.17, 15) is 9.59 Å². The Bertz CT molecular complexity index is 867. The van der Waals surface area contributed by atoms with Crippen molar-refractivity contribution in [1.82, 2.24) is 4.90 Å². The van der Waals surface area contributed by atoms with E-state index in [1.54, 1.807) is 26.1 Å². The van der Waals surface area contributed by atoms with E-state index in [1.807, 2.05) is 24.1 Å². The number of hydrogen-bond acceptors (Lipinski definition) is 5. The van der Waals surface area contributed by atoms with Gasteiger partial charge in [-0.3, -0.25) is 9.80 Å². The molecule has 7 heteroatoms. The van der Waals surface area contributed by atoms with Crippen LogP contribution in [-0.4, -0.2) is 41.2 Å². The molecule has 1 N–H and O–H groups in total. The minimum absolute atomic E-state index is 0.117. The molecule has 0 saturated heterocycles. The van der Waals surface area contributed by atoms with Gasteiger partial charge in [-0.25, -0.2) is 4.79 Å². The molecule has 0 unspecified atom stereocenters. The minimum Gasteiger partial charge on any atom is -0.478 e. The molecule has 1 aliphatic rings. The van der Waals surface area contributed by atoms with Gasteiger partial charge in [0.25, 0.3) is 5.91 Å². The molecular weight excluding hydrogens is 334 g/mol. The molecule has 7 nitrogen and oxygen atoms in total.